The number of nitrogen functional groups attached to an aromatic ring is 1. The topological polar surface area (TPSA) is 92.4 Å². The highest BCUT2D eigenvalue weighted by atomic mass is 79.9. The number of hydrogen-bond donors (Lipinski definition) is 3. The number of nitrogens with two attached hydrogens (primary N) is 1. The van der Waals surface area contributed by atoms with E-state index in [9.17, 15) is 9.59 Å². The number of carbonyl (C=O) groups is 2. The average molecular weight is 343 g/mol. The molecule has 0 bridgehead atoms. The van der Waals surface area contributed by atoms with Crippen LogP contribution in [-0.2, 0) is 4.79 Å². The summed E-state index contributed by atoms with van der Waals surface area (Å²) in [5.74, 6) is -0.917. The number of hydrogen-bond acceptors (Lipinski definition) is 3. The van der Waals surface area contributed by atoms with Crippen LogP contribution in [0.15, 0.2) is 22.7 Å². The molecule has 1 amide bonds. The smallest absolute Gasteiger partial charge is 0.303 e. The minimum absolute atomic E-state index is 0.158. The van der Waals surface area contributed by atoms with E-state index in [4.69, 9.17) is 10.8 Å². The van der Waals surface area contributed by atoms with E-state index in [2.05, 4.69) is 21.2 Å². The molecule has 0 unspecified atom stereocenters. The number of carbonyl (C=O) groups excluding carboxylic acids is 1. The van der Waals surface area contributed by atoms with Crippen LogP contribution in [0, 0.1) is 0 Å². The zero-order valence-corrected chi connectivity index (χ0v) is 12.8. The van der Waals surface area contributed by atoms with Gasteiger partial charge < -0.3 is 16.2 Å². The number of rotatable bonds is 8. The van der Waals surface area contributed by atoms with E-state index in [1.54, 1.807) is 18.2 Å². The molecule has 0 aliphatic heterocycles. The summed E-state index contributed by atoms with van der Waals surface area (Å²) in [5, 5.41) is 11.3. The van der Waals surface area contributed by atoms with Crippen LogP contribution in [0.2, 0.25) is 0 Å². The zero-order chi connectivity index (χ0) is 15.0. The molecule has 0 aromatic heterocycles. The van der Waals surface area contributed by atoms with Gasteiger partial charge in [0.2, 0.25) is 0 Å². The SMILES string of the molecule is Nc1ccc(Br)c(C(=O)NCCCCCCC(=O)O)c1. The van der Waals surface area contributed by atoms with Gasteiger partial charge in [-0.3, -0.25) is 9.59 Å². The Morgan fingerprint density at radius 3 is 2.60 bits per heavy atom. The molecular formula is C14H19BrN2O3. The lowest BCUT2D eigenvalue weighted by Crippen LogP contribution is -2.24. The van der Waals surface area contributed by atoms with Crippen molar-refractivity contribution < 1.29 is 14.7 Å². The lowest BCUT2D eigenvalue weighted by molar-refractivity contribution is -0.137. The first-order valence-electron chi connectivity index (χ1n) is 6.55. The van der Waals surface area contributed by atoms with Crippen LogP contribution >= 0.6 is 15.9 Å². The lowest BCUT2D eigenvalue weighted by atomic mass is 10.1. The summed E-state index contributed by atoms with van der Waals surface area (Å²) >= 11 is 3.32. The van der Waals surface area contributed by atoms with Gasteiger partial charge in [0.1, 0.15) is 0 Å². The molecule has 1 rings (SSSR count). The molecule has 4 N–H and O–H groups in total. The summed E-state index contributed by atoms with van der Waals surface area (Å²) < 4.78 is 0.714. The van der Waals surface area contributed by atoms with Crippen molar-refractivity contribution in [3.8, 4) is 0 Å². The molecule has 0 atom stereocenters. The number of carboxylic acids is 1. The summed E-state index contributed by atoms with van der Waals surface area (Å²) in [6, 6.07) is 5.10. The Bertz CT molecular complexity index is 477. The van der Waals surface area contributed by atoms with E-state index in [1.165, 1.54) is 0 Å². The molecule has 0 radical (unpaired) electrons. The number of carboxylic acid groups (broad SMARTS) is 1. The Kier molecular flexibility index (Phi) is 7.08. The first-order valence-corrected chi connectivity index (χ1v) is 7.35. The Balaban J connectivity index is 2.23. The predicted octanol–water partition coefficient (Wildman–Crippen LogP) is 2.80. The molecule has 0 saturated carbocycles. The van der Waals surface area contributed by atoms with Gasteiger partial charge in [-0.15, -0.1) is 0 Å². The van der Waals surface area contributed by atoms with Gasteiger partial charge in [-0.05, 0) is 47.0 Å². The van der Waals surface area contributed by atoms with Crippen molar-refractivity contribution in [2.24, 2.45) is 0 Å². The summed E-state index contributed by atoms with van der Waals surface area (Å²) in [6.45, 7) is 0.577. The van der Waals surface area contributed by atoms with Crippen molar-refractivity contribution in [1.82, 2.24) is 5.32 Å². The van der Waals surface area contributed by atoms with Crippen LogP contribution in [0.4, 0.5) is 5.69 Å². The van der Waals surface area contributed by atoms with Crippen LogP contribution in [0.5, 0.6) is 0 Å². The number of halogens is 1. The van der Waals surface area contributed by atoms with E-state index in [-0.39, 0.29) is 12.3 Å². The second-order valence-electron chi connectivity index (χ2n) is 4.55. The number of benzene rings is 1. The quantitative estimate of drug-likeness (QED) is 0.500. The fraction of sp³-hybridized carbons (Fsp3) is 0.429. The molecule has 0 saturated heterocycles. The Labute approximate surface area is 126 Å². The molecule has 0 aliphatic carbocycles. The Morgan fingerprint density at radius 2 is 1.90 bits per heavy atom. The van der Waals surface area contributed by atoms with Gasteiger partial charge in [-0.1, -0.05) is 12.8 Å². The van der Waals surface area contributed by atoms with E-state index in [0.29, 0.717) is 28.7 Å². The Morgan fingerprint density at radius 1 is 1.20 bits per heavy atom. The van der Waals surface area contributed by atoms with Gasteiger partial charge in [0.05, 0.1) is 5.56 Å². The molecule has 20 heavy (non-hydrogen) atoms. The summed E-state index contributed by atoms with van der Waals surface area (Å²) in [5.41, 5.74) is 6.72. The van der Waals surface area contributed by atoms with E-state index < -0.39 is 5.97 Å². The molecule has 5 nitrogen and oxygen atoms in total. The first kappa shape index (κ1) is 16.5. The highest BCUT2D eigenvalue weighted by Crippen LogP contribution is 2.19. The van der Waals surface area contributed by atoms with Crippen LogP contribution in [0.1, 0.15) is 42.5 Å². The van der Waals surface area contributed by atoms with Crippen molar-refractivity contribution in [2.45, 2.75) is 32.1 Å². The maximum Gasteiger partial charge on any atom is 0.303 e. The molecule has 0 spiro atoms. The van der Waals surface area contributed by atoms with Gasteiger partial charge >= 0.3 is 5.97 Å². The van der Waals surface area contributed by atoms with Gasteiger partial charge in [-0.25, -0.2) is 0 Å². The maximum atomic E-state index is 11.9. The van der Waals surface area contributed by atoms with Gasteiger partial charge in [0, 0.05) is 23.1 Å². The van der Waals surface area contributed by atoms with Crippen molar-refractivity contribution in [2.75, 3.05) is 12.3 Å². The standard InChI is InChI=1S/C14H19BrN2O3/c15-12-7-6-10(16)9-11(12)14(20)17-8-4-2-1-3-5-13(18)19/h6-7,9H,1-5,8,16H2,(H,17,20)(H,18,19). The van der Waals surface area contributed by atoms with Gasteiger partial charge in [0.25, 0.3) is 5.91 Å². The maximum absolute atomic E-state index is 11.9. The normalized spacial score (nSPS) is 10.2. The van der Waals surface area contributed by atoms with Crippen molar-refractivity contribution in [1.29, 1.82) is 0 Å². The van der Waals surface area contributed by atoms with Crippen LogP contribution in [0.3, 0.4) is 0 Å². The number of nitrogens with one attached hydrogen (secondary N) is 1. The highest BCUT2D eigenvalue weighted by Gasteiger charge is 2.09. The van der Waals surface area contributed by atoms with Crippen LogP contribution in [-0.4, -0.2) is 23.5 Å². The van der Waals surface area contributed by atoms with Crippen molar-refractivity contribution in [3.05, 3.63) is 28.2 Å². The minimum Gasteiger partial charge on any atom is -0.481 e. The van der Waals surface area contributed by atoms with Crippen molar-refractivity contribution in [3.63, 3.8) is 0 Å². The largest absolute Gasteiger partial charge is 0.481 e. The molecule has 110 valence electrons. The Hall–Kier alpha value is -1.56. The predicted molar refractivity (Wildman–Crippen MR) is 81.6 cm³/mol. The van der Waals surface area contributed by atoms with E-state index in [0.717, 1.165) is 19.3 Å². The average Bonchev–Trinajstić information content (AvgIpc) is 2.39. The fourth-order valence-electron chi connectivity index (χ4n) is 1.77. The third-order valence-electron chi connectivity index (χ3n) is 2.84. The number of unbranched alkanes of at least 4 members (excludes halogenated alkanes) is 3. The van der Waals surface area contributed by atoms with E-state index in [1.807, 2.05) is 0 Å². The second kappa shape index (κ2) is 8.58. The summed E-state index contributed by atoms with van der Waals surface area (Å²) in [7, 11) is 0. The number of anilines is 1. The molecule has 6 heteroatoms. The van der Waals surface area contributed by atoms with Crippen LogP contribution < -0.4 is 11.1 Å². The number of aliphatic carboxylic acids is 1. The molecule has 0 aliphatic rings. The third-order valence-corrected chi connectivity index (χ3v) is 3.53. The summed E-state index contributed by atoms with van der Waals surface area (Å²) in [6.07, 6.45) is 3.51. The minimum atomic E-state index is -0.759. The zero-order valence-electron chi connectivity index (χ0n) is 11.2. The summed E-state index contributed by atoms with van der Waals surface area (Å²) in [4.78, 5) is 22.2. The molecule has 1 aromatic carbocycles. The monoisotopic (exact) mass is 342 g/mol. The second-order valence-corrected chi connectivity index (χ2v) is 5.41. The van der Waals surface area contributed by atoms with Gasteiger partial charge in [-0.2, -0.15) is 0 Å². The molecule has 0 heterocycles. The van der Waals surface area contributed by atoms with E-state index >= 15 is 0 Å². The van der Waals surface area contributed by atoms with Crippen molar-refractivity contribution >= 4 is 33.5 Å². The molecule has 1 aromatic rings. The highest BCUT2D eigenvalue weighted by molar-refractivity contribution is 9.10. The number of amides is 1. The third kappa shape index (κ3) is 6.06. The molecule has 0 fully saturated rings. The van der Waals surface area contributed by atoms with Crippen LogP contribution in [0.25, 0.3) is 0 Å². The lowest BCUT2D eigenvalue weighted by Gasteiger charge is -2.07. The molecular weight excluding hydrogens is 324 g/mol. The fourth-order valence-corrected chi connectivity index (χ4v) is 2.20. The first-order chi connectivity index (χ1) is 9.50. The van der Waals surface area contributed by atoms with Gasteiger partial charge in [0.15, 0.2) is 0 Å².